The van der Waals surface area contributed by atoms with E-state index < -0.39 is 17.9 Å². The van der Waals surface area contributed by atoms with E-state index in [-0.39, 0.29) is 54.8 Å². The molecule has 6 heteroatoms. The molecule has 0 bridgehead atoms. The van der Waals surface area contributed by atoms with Crippen LogP contribution >= 0.6 is 0 Å². The minimum absolute atomic E-state index is 0. The van der Waals surface area contributed by atoms with Gasteiger partial charge >= 0.3 is 60.4 Å². The number of rotatable bonds is 9. The molecule has 0 amide bonds. The molecule has 2 N–H and O–H groups in total. The van der Waals surface area contributed by atoms with Gasteiger partial charge in [-0.25, -0.2) is 0 Å². The van der Waals surface area contributed by atoms with Crippen molar-refractivity contribution in [2.75, 3.05) is 0 Å². The molecule has 0 aromatic heterocycles. The van der Waals surface area contributed by atoms with Crippen LogP contribution in [0, 0.1) is 5.92 Å². The van der Waals surface area contributed by atoms with Gasteiger partial charge in [0.15, 0.2) is 5.92 Å². The molecule has 0 aliphatic rings. The van der Waals surface area contributed by atoms with Crippen molar-refractivity contribution in [3.05, 3.63) is 0 Å². The zero-order valence-electron chi connectivity index (χ0n) is 9.24. The van der Waals surface area contributed by atoms with E-state index >= 15 is 0 Å². The Bertz CT molecular complexity index is 198. The fourth-order valence-corrected chi connectivity index (χ4v) is 1.48. The standard InChI is InChI=1S/C11H20O4.Li.Na.2H/c1-2-3-4-5-6-7-8-9(10(12)13)11(14)15;;;;/h9H,2-8H2,1H3,(H,12,13)(H,14,15);;;;. The molecule has 0 unspecified atom stereocenters. The molecule has 0 aliphatic carbocycles. The molecule has 17 heavy (non-hydrogen) atoms. The number of unbranched alkanes of at least 4 members (excludes halogenated alkanes) is 5. The Hall–Kier alpha value is 0.537. The summed E-state index contributed by atoms with van der Waals surface area (Å²) in [5, 5.41) is 17.2. The van der Waals surface area contributed by atoms with Gasteiger partial charge in [0.05, 0.1) is 0 Å². The Kier molecular flexibility index (Phi) is 19.5. The predicted molar refractivity (Wildman–Crippen MR) is 71.1 cm³/mol. The van der Waals surface area contributed by atoms with Crippen LogP contribution in [-0.4, -0.2) is 70.6 Å². The van der Waals surface area contributed by atoms with E-state index in [4.69, 9.17) is 10.2 Å². The van der Waals surface area contributed by atoms with Crippen molar-refractivity contribution >= 4 is 60.4 Å². The summed E-state index contributed by atoms with van der Waals surface area (Å²) in [4.78, 5) is 21.1. The Balaban J connectivity index is -0.000000980. The van der Waals surface area contributed by atoms with E-state index in [1.807, 2.05) is 0 Å². The quantitative estimate of drug-likeness (QED) is 0.365. The van der Waals surface area contributed by atoms with Gasteiger partial charge in [-0.15, -0.1) is 0 Å². The molecule has 0 saturated carbocycles. The van der Waals surface area contributed by atoms with Crippen molar-refractivity contribution in [3.8, 4) is 0 Å². The van der Waals surface area contributed by atoms with Crippen LogP contribution in [0.15, 0.2) is 0 Å². The van der Waals surface area contributed by atoms with Crippen LogP contribution in [0.5, 0.6) is 0 Å². The van der Waals surface area contributed by atoms with Crippen LogP contribution in [0.2, 0.25) is 0 Å². The molecule has 0 rings (SSSR count). The molecule has 4 nitrogen and oxygen atoms in total. The normalized spacial score (nSPS) is 9.29. The monoisotopic (exact) mass is 248 g/mol. The van der Waals surface area contributed by atoms with Gasteiger partial charge in [-0.2, -0.15) is 0 Å². The summed E-state index contributed by atoms with van der Waals surface area (Å²) < 4.78 is 0. The first-order chi connectivity index (χ1) is 7.09. The fraction of sp³-hybridized carbons (Fsp3) is 0.818. The number of carboxylic acid groups (broad SMARTS) is 2. The third kappa shape index (κ3) is 12.8. The van der Waals surface area contributed by atoms with Crippen LogP contribution in [-0.2, 0) is 9.59 Å². The minimum atomic E-state index is -1.23. The molecule has 0 heterocycles. The molecule has 0 fully saturated rings. The van der Waals surface area contributed by atoms with Crippen molar-refractivity contribution in [2.24, 2.45) is 5.92 Å². The van der Waals surface area contributed by atoms with Gasteiger partial charge < -0.3 is 10.2 Å². The number of carbonyl (C=O) groups is 2. The van der Waals surface area contributed by atoms with Crippen LogP contribution in [0.25, 0.3) is 0 Å². The van der Waals surface area contributed by atoms with Crippen LogP contribution in [0.3, 0.4) is 0 Å². The molecule has 0 saturated heterocycles. The van der Waals surface area contributed by atoms with Crippen molar-refractivity contribution < 1.29 is 19.8 Å². The molecule has 0 spiro atoms. The maximum absolute atomic E-state index is 10.5. The zero-order valence-corrected chi connectivity index (χ0v) is 9.24. The summed E-state index contributed by atoms with van der Waals surface area (Å²) in [7, 11) is 0. The summed E-state index contributed by atoms with van der Waals surface area (Å²) >= 11 is 0. The fourth-order valence-electron chi connectivity index (χ4n) is 1.48. The van der Waals surface area contributed by atoms with E-state index in [1.54, 1.807) is 0 Å². The van der Waals surface area contributed by atoms with Gasteiger partial charge in [0.2, 0.25) is 0 Å². The first-order valence-corrected chi connectivity index (χ1v) is 5.55. The van der Waals surface area contributed by atoms with Crippen molar-refractivity contribution in [3.63, 3.8) is 0 Å². The zero-order chi connectivity index (χ0) is 11.7. The summed E-state index contributed by atoms with van der Waals surface area (Å²) in [5.74, 6) is -3.68. The molecular weight excluding hydrogens is 226 g/mol. The van der Waals surface area contributed by atoms with Crippen LogP contribution < -0.4 is 0 Å². The molecule has 0 radical (unpaired) electrons. The summed E-state index contributed by atoms with van der Waals surface area (Å²) in [6, 6.07) is 0. The van der Waals surface area contributed by atoms with Crippen LogP contribution in [0.4, 0.5) is 0 Å². The van der Waals surface area contributed by atoms with Gasteiger partial charge in [-0.3, -0.25) is 9.59 Å². The van der Waals surface area contributed by atoms with Crippen molar-refractivity contribution in [2.45, 2.75) is 51.9 Å². The summed E-state index contributed by atoms with van der Waals surface area (Å²) in [6.45, 7) is 2.13. The van der Waals surface area contributed by atoms with Gasteiger partial charge in [0, 0.05) is 0 Å². The average Bonchev–Trinajstić information content (AvgIpc) is 2.15. The molecule has 92 valence electrons. The van der Waals surface area contributed by atoms with Crippen LogP contribution in [0.1, 0.15) is 51.9 Å². The molecule has 0 aliphatic heterocycles. The number of aliphatic carboxylic acids is 2. The summed E-state index contributed by atoms with van der Waals surface area (Å²) in [5.41, 5.74) is 0. The predicted octanol–water partition coefficient (Wildman–Crippen LogP) is 1.23. The third-order valence-corrected chi connectivity index (χ3v) is 2.44. The molecule has 0 aromatic rings. The Morgan fingerprint density at radius 3 is 1.76 bits per heavy atom. The second kappa shape index (κ2) is 14.6. The topological polar surface area (TPSA) is 74.6 Å². The first-order valence-electron chi connectivity index (χ1n) is 5.55. The Labute approximate surface area is 137 Å². The van der Waals surface area contributed by atoms with E-state index in [9.17, 15) is 9.59 Å². The first kappa shape index (κ1) is 22.7. The number of carboxylic acids is 2. The van der Waals surface area contributed by atoms with E-state index in [0.29, 0.717) is 6.42 Å². The molecule has 0 aromatic carbocycles. The second-order valence-electron chi connectivity index (χ2n) is 3.79. The maximum atomic E-state index is 10.5. The third-order valence-electron chi connectivity index (χ3n) is 2.44. The summed E-state index contributed by atoms with van der Waals surface area (Å²) in [6.07, 6.45) is 6.45. The van der Waals surface area contributed by atoms with E-state index in [1.165, 1.54) is 12.8 Å². The van der Waals surface area contributed by atoms with Crippen molar-refractivity contribution in [1.29, 1.82) is 0 Å². The molecule has 0 atom stereocenters. The van der Waals surface area contributed by atoms with E-state index in [2.05, 4.69) is 6.92 Å². The molecular formula is C11H22LiNaO4. The number of hydrogen-bond acceptors (Lipinski definition) is 2. The number of hydrogen-bond donors (Lipinski definition) is 2. The van der Waals surface area contributed by atoms with Gasteiger partial charge in [-0.05, 0) is 6.42 Å². The average molecular weight is 248 g/mol. The SMILES string of the molecule is CCCCCCCCC(C(=O)O)C(=O)O.[LiH].[NaH]. The Morgan fingerprint density at radius 2 is 1.35 bits per heavy atom. The van der Waals surface area contributed by atoms with Gasteiger partial charge in [0.1, 0.15) is 0 Å². The van der Waals surface area contributed by atoms with Crippen molar-refractivity contribution in [1.82, 2.24) is 0 Å². The second-order valence-corrected chi connectivity index (χ2v) is 3.79. The van der Waals surface area contributed by atoms with E-state index in [0.717, 1.165) is 19.3 Å². The van der Waals surface area contributed by atoms with Gasteiger partial charge in [-0.1, -0.05) is 45.4 Å². The Morgan fingerprint density at radius 1 is 0.941 bits per heavy atom. The van der Waals surface area contributed by atoms with Gasteiger partial charge in [0.25, 0.3) is 0 Å².